The van der Waals surface area contributed by atoms with Gasteiger partial charge in [-0.15, -0.1) is 0 Å². The minimum absolute atomic E-state index is 0.253. The van der Waals surface area contributed by atoms with Crippen molar-refractivity contribution < 1.29 is 28.4 Å². The van der Waals surface area contributed by atoms with Crippen molar-refractivity contribution in [2.75, 3.05) is 49.1 Å². The molecule has 0 fully saturated rings. The molecule has 1 unspecified atom stereocenters. The molecular weight excluding hydrogens is 446 g/mol. The monoisotopic (exact) mass is 477 g/mol. The summed E-state index contributed by atoms with van der Waals surface area (Å²) in [5, 5.41) is 0. The molecule has 184 valence electrons. The van der Waals surface area contributed by atoms with Crippen molar-refractivity contribution in [3.8, 4) is 51.4 Å². The van der Waals surface area contributed by atoms with Gasteiger partial charge < -0.3 is 28.4 Å². The van der Waals surface area contributed by atoms with Crippen LogP contribution in [0.5, 0.6) is 40.2 Å². The summed E-state index contributed by atoms with van der Waals surface area (Å²) < 4.78 is 34.5. The molecular formula is C28H31NO6. The Morgan fingerprint density at radius 3 is 2.09 bits per heavy atom. The van der Waals surface area contributed by atoms with Gasteiger partial charge in [-0.3, -0.25) is 4.90 Å². The van der Waals surface area contributed by atoms with Gasteiger partial charge in [0.2, 0.25) is 0 Å². The van der Waals surface area contributed by atoms with Crippen LogP contribution in [0.2, 0.25) is 0 Å². The predicted molar refractivity (Wildman–Crippen MR) is 134 cm³/mol. The number of fused-ring (bicyclic) bond motifs is 2. The van der Waals surface area contributed by atoms with Gasteiger partial charge in [-0.05, 0) is 72.5 Å². The van der Waals surface area contributed by atoms with Gasteiger partial charge in [0.1, 0.15) is 5.75 Å². The smallest absolute Gasteiger partial charge is 0.169 e. The fourth-order valence-corrected chi connectivity index (χ4v) is 5.31. The molecule has 0 amide bonds. The molecule has 7 heteroatoms. The molecule has 1 heterocycles. The number of nitrogens with zero attached hydrogens (tertiary/aromatic N) is 1. The predicted octanol–water partition coefficient (Wildman–Crippen LogP) is 5.27. The van der Waals surface area contributed by atoms with Gasteiger partial charge in [-0.25, -0.2) is 0 Å². The molecule has 0 saturated carbocycles. The minimum Gasteiger partial charge on any atom is -0.493 e. The van der Waals surface area contributed by atoms with Crippen LogP contribution in [0.3, 0.4) is 0 Å². The second kappa shape index (κ2) is 9.23. The van der Waals surface area contributed by atoms with E-state index in [-0.39, 0.29) is 6.04 Å². The number of likely N-dealkylation sites (N-methyl/N-ethyl adjacent to an activating group) is 1. The molecule has 0 aromatic heterocycles. The Morgan fingerprint density at radius 2 is 1.40 bits per heavy atom. The number of hydrogen-bond acceptors (Lipinski definition) is 7. The molecule has 2 aliphatic rings. The molecule has 3 aromatic carbocycles. The van der Waals surface area contributed by atoms with Crippen LogP contribution in [0.1, 0.15) is 22.7 Å². The summed E-state index contributed by atoms with van der Waals surface area (Å²) in [5.41, 5.74) is 5.97. The van der Waals surface area contributed by atoms with Crippen LogP contribution in [0.4, 0.5) is 0 Å². The zero-order valence-corrected chi connectivity index (χ0v) is 21.1. The average Bonchev–Trinajstić information content (AvgIpc) is 2.89. The van der Waals surface area contributed by atoms with Crippen LogP contribution >= 0.6 is 0 Å². The summed E-state index contributed by atoms with van der Waals surface area (Å²) in [6.45, 7) is 0.993. The highest BCUT2D eigenvalue weighted by atomic mass is 16.5. The third kappa shape index (κ3) is 3.80. The van der Waals surface area contributed by atoms with E-state index in [1.165, 1.54) is 16.7 Å². The molecule has 1 aliphatic carbocycles. The van der Waals surface area contributed by atoms with Crippen molar-refractivity contribution in [3.63, 3.8) is 0 Å². The fraction of sp³-hybridized carbons (Fsp3) is 0.357. The van der Waals surface area contributed by atoms with Crippen LogP contribution < -0.4 is 28.4 Å². The zero-order chi connectivity index (χ0) is 24.7. The highest BCUT2D eigenvalue weighted by Crippen LogP contribution is 2.54. The largest absolute Gasteiger partial charge is 0.493 e. The number of rotatable bonds is 7. The Balaban J connectivity index is 1.66. The van der Waals surface area contributed by atoms with E-state index in [4.69, 9.17) is 28.4 Å². The van der Waals surface area contributed by atoms with E-state index < -0.39 is 0 Å². The van der Waals surface area contributed by atoms with E-state index in [1.807, 2.05) is 24.3 Å². The number of hydrogen-bond donors (Lipinski definition) is 0. The molecule has 3 aromatic rings. The number of ether oxygens (including phenoxy) is 6. The first-order valence-electron chi connectivity index (χ1n) is 11.6. The summed E-state index contributed by atoms with van der Waals surface area (Å²) in [7, 11) is 10.4. The van der Waals surface area contributed by atoms with Gasteiger partial charge >= 0.3 is 0 Å². The molecule has 0 saturated heterocycles. The summed E-state index contributed by atoms with van der Waals surface area (Å²) in [6.07, 6.45) is 1.84. The lowest BCUT2D eigenvalue weighted by atomic mass is 9.76. The average molecular weight is 478 g/mol. The Morgan fingerprint density at radius 1 is 0.714 bits per heavy atom. The van der Waals surface area contributed by atoms with Crippen molar-refractivity contribution in [3.05, 3.63) is 53.1 Å². The second-order valence-electron chi connectivity index (χ2n) is 8.79. The van der Waals surface area contributed by atoms with Gasteiger partial charge in [-0.2, -0.15) is 0 Å². The van der Waals surface area contributed by atoms with Crippen LogP contribution in [0, 0.1) is 0 Å². The highest BCUT2D eigenvalue weighted by Gasteiger charge is 2.37. The lowest BCUT2D eigenvalue weighted by Crippen LogP contribution is -2.35. The summed E-state index contributed by atoms with van der Waals surface area (Å²) in [4.78, 5) is 2.42. The Labute approximate surface area is 206 Å². The van der Waals surface area contributed by atoms with Crippen molar-refractivity contribution in [1.29, 1.82) is 0 Å². The second-order valence-corrected chi connectivity index (χ2v) is 8.79. The van der Waals surface area contributed by atoms with Gasteiger partial charge in [0.05, 0.1) is 35.5 Å². The molecule has 35 heavy (non-hydrogen) atoms. The van der Waals surface area contributed by atoms with Crippen LogP contribution in [-0.4, -0.2) is 54.0 Å². The van der Waals surface area contributed by atoms with Gasteiger partial charge in [0.15, 0.2) is 34.5 Å². The summed E-state index contributed by atoms with van der Waals surface area (Å²) in [6, 6.07) is 12.0. The SMILES string of the molecule is COc1ccc(Oc2cc3c(cc2OC)-c2c(OC)c(OC)cc4c2C(C3)N(C)CC4)cc1OC. The highest BCUT2D eigenvalue weighted by molar-refractivity contribution is 5.85. The van der Waals surface area contributed by atoms with E-state index in [2.05, 4.69) is 24.1 Å². The first-order chi connectivity index (χ1) is 17.0. The third-order valence-corrected chi connectivity index (χ3v) is 7.05. The molecule has 1 atom stereocenters. The topological polar surface area (TPSA) is 58.6 Å². The Hall–Kier alpha value is -3.58. The molecule has 1 aliphatic heterocycles. The maximum absolute atomic E-state index is 6.30. The van der Waals surface area contributed by atoms with Gasteiger partial charge in [0.25, 0.3) is 0 Å². The first kappa shape index (κ1) is 23.2. The Bertz CT molecular complexity index is 1270. The molecule has 0 bridgehead atoms. The van der Waals surface area contributed by atoms with E-state index in [9.17, 15) is 0 Å². The molecule has 7 nitrogen and oxygen atoms in total. The van der Waals surface area contributed by atoms with E-state index >= 15 is 0 Å². The first-order valence-corrected chi connectivity index (χ1v) is 11.6. The van der Waals surface area contributed by atoms with Crippen LogP contribution in [-0.2, 0) is 12.8 Å². The number of methoxy groups -OCH3 is 5. The maximum atomic E-state index is 6.30. The summed E-state index contributed by atoms with van der Waals surface area (Å²) in [5.74, 6) is 4.66. The van der Waals surface area contributed by atoms with Gasteiger partial charge in [-0.1, -0.05) is 0 Å². The van der Waals surface area contributed by atoms with Crippen LogP contribution in [0.15, 0.2) is 36.4 Å². The van der Waals surface area contributed by atoms with E-state index in [0.717, 1.165) is 42.0 Å². The normalized spacial score (nSPS) is 16.1. The van der Waals surface area contributed by atoms with E-state index in [1.54, 1.807) is 35.5 Å². The minimum atomic E-state index is 0.253. The van der Waals surface area contributed by atoms with Gasteiger partial charge in [0, 0.05) is 24.2 Å². The van der Waals surface area contributed by atoms with E-state index in [0.29, 0.717) is 28.7 Å². The number of benzene rings is 3. The Kier molecular flexibility index (Phi) is 6.11. The molecule has 0 N–H and O–H groups in total. The lowest BCUT2D eigenvalue weighted by Gasteiger charge is -2.40. The molecule has 0 spiro atoms. The fourth-order valence-electron chi connectivity index (χ4n) is 5.31. The van der Waals surface area contributed by atoms with Crippen LogP contribution in [0.25, 0.3) is 11.1 Å². The molecule has 0 radical (unpaired) electrons. The molecule has 5 rings (SSSR count). The standard InChI is InChI=1S/C28H31NO6/c1-29-10-9-16-12-25(33-5)28(34-6)27-19-15-23(32-4)24(13-17(19)11-20(29)26(16)27)35-18-7-8-21(30-2)22(14-18)31-3/h7-8,12-15,20H,9-11H2,1-6H3. The van der Waals surface area contributed by atoms with Crippen molar-refractivity contribution in [2.45, 2.75) is 18.9 Å². The quantitative estimate of drug-likeness (QED) is 0.459. The summed E-state index contributed by atoms with van der Waals surface area (Å²) >= 11 is 0. The third-order valence-electron chi connectivity index (χ3n) is 7.05. The lowest BCUT2D eigenvalue weighted by molar-refractivity contribution is 0.226. The maximum Gasteiger partial charge on any atom is 0.169 e. The van der Waals surface area contributed by atoms with Crippen molar-refractivity contribution in [2.24, 2.45) is 0 Å². The zero-order valence-electron chi connectivity index (χ0n) is 21.1. The van der Waals surface area contributed by atoms with Crippen molar-refractivity contribution in [1.82, 2.24) is 4.90 Å². The van der Waals surface area contributed by atoms with Crippen molar-refractivity contribution >= 4 is 0 Å².